The van der Waals surface area contributed by atoms with E-state index in [2.05, 4.69) is 0 Å². The third-order valence-corrected chi connectivity index (χ3v) is 2.75. The second kappa shape index (κ2) is 3.67. The van der Waals surface area contributed by atoms with E-state index in [4.69, 9.17) is 26.8 Å². The lowest BCUT2D eigenvalue weighted by atomic mass is 10.1. The highest BCUT2D eigenvalue weighted by molar-refractivity contribution is 6.31. The molecule has 1 aliphatic rings. The van der Waals surface area contributed by atoms with Crippen LogP contribution in [0.3, 0.4) is 0 Å². The van der Waals surface area contributed by atoms with Crippen molar-refractivity contribution in [3.63, 3.8) is 0 Å². The average molecular weight is 214 g/mol. The number of hydrogen-bond acceptors (Lipinski definition) is 3. The molecule has 1 aromatic rings. The van der Waals surface area contributed by atoms with Crippen molar-refractivity contribution in [3.8, 4) is 11.5 Å². The zero-order valence-corrected chi connectivity index (χ0v) is 8.73. The van der Waals surface area contributed by atoms with Crippen LogP contribution in [0.25, 0.3) is 0 Å². The van der Waals surface area contributed by atoms with Crippen LogP contribution in [0.2, 0.25) is 5.02 Å². The molecule has 0 saturated heterocycles. The van der Waals surface area contributed by atoms with Crippen molar-refractivity contribution in [1.82, 2.24) is 0 Å². The van der Waals surface area contributed by atoms with E-state index >= 15 is 0 Å². The summed E-state index contributed by atoms with van der Waals surface area (Å²) in [5.41, 5.74) is 7.56. The van der Waals surface area contributed by atoms with Gasteiger partial charge in [-0.2, -0.15) is 0 Å². The smallest absolute Gasteiger partial charge is 0.166 e. The number of halogens is 1. The molecule has 1 aromatic carbocycles. The number of ether oxygens (including phenoxy) is 2. The average Bonchev–Trinajstić information content (AvgIpc) is 2.20. The maximum atomic E-state index is 6.04. The predicted octanol–water partition coefficient (Wildman–Crippen LogP) is 1.88. The van der Waals surface area contributed by atoms with Crippen molar-refractivity contribution in [2.75, 3.05) is 13.2 Å². The summed E-state index contributed by atoms with van der Waals surface area (Å²) in [5.74, 6) is 1.45. The van der Waals surface area contributed by atoms with E-state index in [1.165, 1.54) is 0 Å². The highest BCUT2D eigenvalue weighted by Gasteiger charge is 2.19. The molecule has 0 amide bonds. The maximum Gasteiger partial charge on any atom is 0.166 e. The summed E-state index contributed by atoms with van der Waals surface area (Å²) in [6.07, 6.45) is 0. The van der Waals surface area contributed by atoms with Crippen LogP contribution in [-0.4, -0.2) is 13.2 Å². The minimum absolute atomic E-state index is 0.415. The first-order valence-corrected chi connectivity index (χ1v) is 4.89. The Morgan fingerprint density at radius 2 is 2.14 bits per heavy atom. The van der Waals surface area contributed by atoms with Gasteiger partial charge in [-0.1, -0.05) is 11.6 Å². The first kappa shape index (κ1) is 9.62. The van der Waals surface area contributed by atoms with Gasteiger partial charge in [0.25, 0.3) is 0 Å². The second-order valence-corrected chi connectivity index (χ2v) is 3.60. The minimum Gasteiger partial charge on any atom is -0.486 e. The molecular weight excluding hydrogens is 202 g/mol. The van der Waals surface area contributed by atoms with E-state index in [-0.39, 0.29) is 0 Å². The topological polar surface area (TPSA) is 44.5 Å². The Morgan fingerprint density at radius 1 is 1.43 bits per heavy atom. The molecule has 0 saturated carbocycles. The van der Waals surface area contributed by atoms with Gasteiger partial charge < -0.3 is 15.2 Å². The second-order valence-electron chi connectivity index (χ2n) is 3.19. The zero-order valence-electron chi connectivity index (χ0n) is 7.97. The highest BCUT2D eigenvalue weighted by atomic mass is 35.5. The molecule has 2 N–H and O–H groups in total. The fourth-order valence-corrected chi connectivity index (χ4v) is 1.77. The maximum absolute atomic E-state index is 6.04. The number of hydrogen-bond donors (Lipinski definition) is 1. The van der Waals surface area contributed by atoms with Crippen molar-refractivity contribution in [2.45, 2.75) is 13.5 Å². The van der Waals surface area contributed by atoms with Gasteiger partial charge in [0.05, 0.1) is 0 Å². The molecule has 0 radical (unpaired) electrons. The van der Waals surface area contributed by atoms with Gasteiger partial charge in [0.1, 0.15) is 13.2 Å². The lowest BCUT2D eigenvalue weighted by molar-refractivity contribution is 0.170. The van der Waals surface area contributed by atoms with Gasteiger partial charge in [-0.15, -0.1) is 0 Å². The van der Waals surface area contributed by atoms with Crippen LogP contribution < -0.4 is 15.2 Å². The van der Waals surface area contributed by atoms with Crippen LogP contribution in [0.4, 0.5) is 0 Å². The van der Waals surface area contributed by atoms with E-state index < -0.39 is 0 Å². The van der Waals surface area contributed by atoms with Crippen molar-refractivity contribution in [2.24, 2.45) is 5.73 Å². The summed E-state index contributed by atoms with van der Waals surface area (Å²) in [6.45, 7) is 3.48. The van der Waals surface area contributed by atoms with Crippen LogP contribution >= 0.6 is 11.6 Å². The molecule has 1 heterocycles. The number of fused-ring (bicyclic) bond motifs is 1. The first-order chi connectivity index (χ1) is 6.74. The normalized spacial score (nSPS) is 14.2. The Balaban J connectivity index is 2.60. The monoisotopic (exact) mass is 213 g/mol. The summed E-state index contributed by atoms with van der Waals surface area (Å²) in [6, 6.07) is 1.78. The highest BCUT2D eigenvalue weighted by Crippen LogP contribution is 2.39. The van der Waals surface area contributed by atoms with E-state index in [0.717, 1.165) is 16.9 Å². The number of rotatable bonds is 1. The summed E-state index contributed by atoms with van der Waals surface area (Å²) in [5, 5.41) is 0.676. The molecule has 4 heteroatoms. The van der Waals surface area contributed by atoms with Gasteiger partial charge in [0, 0.05) is 23.2 Å². The molecule has 0 aliphatic carbocycles. The van der Waals surface area contributed by atoms with Crippen LogP contribution in [0.5, 0.6) is 11.5 Å². The molecule has 0 bridgehead atoms. The van der Waals surface area contributed by atoms with E-state index in [1.54, 1.807) is 6.07 Å². The molecule has 0 atom stereocenters. The summed E-state index contributed by atoms with van der Waals surface area (Å²) in [4.78, 5) is 0. The van der Waals surface area contributed by atoms with Crippen molar-refractivity contribution in [1.29, 1.82) is 0 Å². The molecule has 14 heavy (non-hydrogen) atoms. The van der Waals surface area contributed by atoms with Gasteiger partial charge in [-0.05, 0) is 12.5 Å². The Morgan fingerprint density at radius 3 is 2.86 bits per heavy atom. The van der Waals surface area contributed by atoms with Gasteiger partial charge in [-0.3, -0.25) is 0 Å². The van der Waals surface area contributed by atoms with E-state index in [0.29, 0.717) is 30.5 Å². The molecule has 3 nitrogen and oxygen atoms in total. The molecule has 0 unspecified atom stereocenters. The lowest BCUT2D eigenvalue weighted by Crippen LogP contribution is -2.18. The lowest BCUT2D eigenvalue weighted by Gasteiger charge is -2.22. The molecular formula is C10H12ClNO2. The fraction of sp³-hybridized carbons (Fsp3) is 0.400. The molecule has 0 aromatic heterocycles. The molecule has 1 aliphatic heterocycles. The van der Waals surface area contributed by atoms with Crippen molar-refractivity contribution in [3.05, 3.63) is 22.2 Å². The Bertz CT molecular complexity index is 366. The predicted molar refractivity (Wildman–Crippen MR) is 55.1 cm³/mol. The Hall–Kier alpha value is -0.930. The Labute approximate surface area is 87.8 Å². The Kier molecular flexibility index (Phi) is 2.52. The third-order valence-electron chi connectivity index (χ3n) is 2.36. The van der Waals surface area contributed by atoms with Gasteiger partial charge in [-0.25, -0.2) is 0 Å². The van der Waals surface area contributed by atoms with Crippen molar-refractivity contribution >= 4 is 11.6 Å². The van der Waals surface area contributed by atoms with E-state index in [1.807, 2.05) is 6.92 Å². The van der Waals surface area contributed by atoms with Crippen LogP contribution in [-0.2, 0) is 6.54 Å². The number of benzene rings is 1. The van der Waals surface area contributed by atoms with Gasteiger partial charge >= 0.3 is 0 Å². The van der Waals surface area contributed by atoms with Gasteiger partial charge in [0.2, 0.25) is 0 Å². The third kappa shape index (κ3) is 1.42. The molecule has 0 fully saturated rings. The SMILES string of the molecule is Cc1c(Cl)cc2c(c1CN)OCCO2. The van der Waals surface area contributed by atoms with Crippen LogP contribution in [0.15, 0.2) is 6.07 Å². The van der Waals surface area contributed by atoms with Gasteiger partial charge in [0.15, 0.2) is 11.5 Å². The van der Waals surface area contributed by atoms with Crippen LogP contribution in [0, 0.1) is 6.92 Å². The standard InChI is InChI=1S/C10H12ClNO2/c1-6-7(5-12)10-9(4-8(6)11)13-2-3-14-10/h4H,2-3,5,12H2,1H3. The fourth-order valence-electron chi connectivity index (χ4n) is 1.56. The minimum atomic E-state index is 0.415. The molecule has 2 rings (SSSR count). The molecule has 0 spiro atoms. The summed E-state index contributed by atoms with van der Waals surface area (Å²) < 4.78 is 11.0. The quantitative estimate of drug-likeness (QED) is 0.775. The van der Waals surface area contributed by atoms with Crippen LogP contribution in [0.1, 0.15) is 11.1 Å². The number of nitrogens with two attached hydrogens (primary N) is 1. The molecule has 76 valence electrons. The van der Waals surface area contributed by atoms with Crippen molar-refractivity contribution < 1.29 is 9.47 Å². The largest absolute Gasteiger partial charge is 0.486 e. The first-order valence-electron chi connectivity index (χ1n) is 4.51. The van der Waals surface area contributed by atoms with E-state index in [9.17, 15) is 0 Å². The summed E-state index contributed by atoms with van der Waals surface area (Å²) in [7, 11) is 0. The zero-order chi connectivity index (χ0) is 10.1. The summed E-state index contributed by atoms with van der Waals surface area (Å²) >= 11 is 6.04.